The Labute approximate surface area is 121 Å². The van der Waals surface area contributed by atoms with Gasteiger partial charge >= 0.3 is 0 Å². The van der Waals surface area contributed by atoms with Crippen LogP contribution in [0.2, 0.25) is 0 Å². The van der Waals surface area contributed by atoms with E-state index in [1.165, 1.54) is 6.07 Å². The molecule has 0 aliphatic rings. The van der Waals surface area contributed by atoms with E-state index in [1.54, 1.807) is 18.5 Å². The number of aromatic hydroxyl groups is 3. The van der Waals surface area contributed by atoms with E-state index in [-0.39, 0.29) is 11.5 Å². The van der Waals surface area contributed by atoms with Crippen molar-refractivity contribution in [1.82, 2.24) is 4.98 Å². The Bertz CT molecular complexity index is 797. The molecule has 0 spiro atoms. The van der Waals surface area contributed by atoms with E-state index in [0.717, 1.165) is 16.5 Å². The van der Waals surface area contributed by atoms with Gasteiger partial charge in [0.15, 0.2) is 11.5 Å². The second-order valence-corrected chi connectivity index (χ2v) is 4.70. The minimum Gasteiger partial charge on any atom is -0.504 e. The Morgan fingerprint density at radius 3 is 2.67 bits per heavy atom. The largest absolute Gasteiger partial charge is 0.504 e. The van der Waals surface area contributed by atoms with E-state index in [9.17, 15) is 15.3 Å². The molecule has 1 aromatic heterocycles. The molecular formula is C16H14N2O3. The number of anilines is 1. The average Bonchev–Trinajstić information content (AvgIpc) is 2.52. The first-order valence-electron chi connectivity index (χ1n) is 6.46. The van der Waals surface area contributed by atoms with E-state index < -0.39 is 5.75 Å². The van der Waals surface area contributed by atoms with Crippen LogP contribution in [0.1, 0.15) is 5.56 Å². The van der Waals surface area contributed by atoms with Crippen molar-refractivity contribution in [3.63, 3.8) is 0 Å². The Hall–Kier alpha value is -2.95. The van der Waals surface area contributed by atoms with Gasteiger partial charge in [0.25, 0.3) is 0 Å². The number of nitrogens with one attached hydrogen (secondary N) is 1. The molecule has 0 aliphatic carbocycles. The zero-order valence-electron chi connectivity index (χ0n) is 11.1. The summed E-state index contributed by atoms with van der Waals surface area (Å²) in [5.41, 5.74) is 1.40. The van der Waals surface area contributed by atoms with Gasteiger partial charge in [-0.15, -0.1) is 0 Å². The minimum absolute atomic E-state index is 0.315. The van der Waals surface area contributed by atoms with E-state index in [1.807, 2.05) is 24.3 Å². The number of rotatable bonds is 3. The quantitative estimate of drug-likeness (QED) is 0.555. The predicted molar refractivity (Wildman–Crippen MR) is 80.5 cm³/mol. The summed E-state index contributed by atoms with van der Waals surface area (Å²) in [6.45, 7) is 0.321. The lowest BCUT2D eigenvalue weighted by atomic mass is 10.1. The van der Waals surface area contributed by atoms with Crippen molar-refractivity contribution in [2.45, 2.75) is 6.54 Å². The zero-order valence-corrected chi connectivity index (χ0v) is 11.1. The molecule has 5 nitrogen and oxygen atoms in total. The fourth-order valence-electron chi connectivity index (χ4n) is 2.22. The lowest BCUT2D eigenvalue weighted by Crippen LogP contribution is -2.00. The van der Waals surface area contributed by atoms with Crippen LogP contribution in [0.4, 0.5) is 5.69 Å². The molecular weight excluding hydrogens is 268 g/mol. The topological polar surface area (TPSA) is 85.6 Å². The third-order valence-corrected chi connectivity index (χ3v) is 3.36. The summed E-state index contributed by atoms with van der Waals surface area (Å²) < 4.78 is 0. The molecule has 3 aromatic rings. The molecule has 0 bridgehead atoms. The number of phenolic OH excluding ortho intramolecular Hbond substituents is 3. The molecule has 0 radical (unpaired) electrons. The fraction of sp³-hybridized carbons (Fsp3) is 0.0625. The summed E-state index contributed by atoms with van der Waals surface area (Å²) >= 11 is 0. The van der Waals surface area contributed by atoms with Crippen molar-refractivity contribution in [2.24, 2.45) is 0 Å². The highest BCUT2D eigenvalue weighted by atomic mass is 16.3. The number of nitrogens with zero attached hydrogens (tertiary/aromatic N) is 1. The summed E-state index contributed by atoms with van der Waals surface area (Å²) in [5, 5.41) is 33.9. The molecule has 0 atom stereocenters. The van der Waals surface area contributed by atoms with Crippen LogP contribution in [0, 0.1) is 0 Å². The second kappa shape index (κ2) is 5.20. The van der Waals surface area contributed by atoms with E-state index in [0.29, 0.717) is 12.1 Å². The van der Waals surface area contributed by atoms with Gasteiger partial charge in [-0.3, -0.25) is 4.98 Å². The summed E-state index contributed by atoms with van der Waals surface area (Å²) in [7, 11) is 0. The molecule has 2 aromatic carbocycles. The number of aromatic nitrogens is 1. The number of hydrogen-bond donors (Lipinski definition) is 4. The van der Waals surface area contributed by atoms with Crippen molar-refractivity contribution in [3.8, 4) is 17.2 Å². The lowest BCUT2D eigenvalue weighted by molar-refractivity contribution is 0.365. The Morgan fingerprint density at radius 1 is 0.952 bits per heavy atom. The number of benzene rings is 2. The fourth-order valence-corrected chi connectivity index (χ4v) is 2.22. The molecule has 0 saturated carbocycles. The summed E-state index contributed by atoms with van der Waals surface area (Å²) in [4.78, 5) is 4.08. The molecule has 1 heterocycles. The molecule has 0 saturated heterocycles. The molecule has 4 N–H and O–H groups in total. The second-order valence-electron chi connectivity index (χ2n) is 4.70. The van der Waals surface area contributed by atoms with E-state index >= 15 is 0 Å². The summed E-state index contributed by atoms with van der Waals surface area (Å²) in [6, 6.07) is 10.6. The van der Waals surface area contributed by atoms with Crippen LogP contribution in [0.15, 0.2) is 48.8 Å². The van der Waals surface area contributed by atoms with Gasteiger partial charge in [0.05, 0.1) is 0 Å². The molecule has 0 amide bonds. The van der Waals surface area contributed by atoms with Crippen LogP contribution in [-0.2, 0) is 6.54 Å². The monoisotopic (exact) mass is 282 g/mol. The maximum atomic E-state index is 9.81. The van der Waals surface area contributed by atoms with Gasteiger partial charge in [-0.25, -0.2) is 0 Å². The first-order chi connectivity index (χ1) is 10.2. The highest BCUT2D eigenvalue weighted by Crippen LogP contribution is 2.37. The first-order valence-corrected chi connectivity index (χ1v) is 6.46. The minimum atomic E-state index is -0.503. The lowest BCUT2D eigenvalue weighted by Gasteiger charge is -2.11. The highest BCUT2D eigenvalue weighted by molar-refractivity contribution is 5.93. The third kappa shape index (κ3) is 2.41. The Kier molecular flexibility index (Phi) is 3.23. The normalized spacial score (nSPS) is 10.7. The molecule has 0 unspecified atom stereocenters. The smallest absolute Gasteiger partial charge is 0.200 e. The summed E-state index contributed by atoms with van der Waals surface area (Å²) in [6.07, 6.45) is 3.50. The van der Waals surface area contributed by atoms with E-state index in [2.05, 4.69) is 10.3 Å². The van der Waals surface area contributed by atoms with Crippen molar-refractivity contribution >= 4 is 16.5 Å². The Balaban J connectivity index is 1.89. The van der Waals surface area contributed by atoms with Crippen LogP contribution in [0.3, 0.4) is 0 Å². The van der Waals surface area contributed by atoms with Crippen LogP contribution < -0.4 is 5.32 Å². The van der Waals surface area contributed by atoms with Gasteiger partial charge in [-0.1, -0.05) is 12.1 Å². The molecule has 0 aliphatic heterocycles. The van der Waals surface area contributed by atoms with Crippen LogP contribution in [-0.4, -0.2) is 20.3 Å². The van der Waals surface area contributed by atoms with Gasteiger partial charge < -0.3 is 20.6 Å². The maximum Gasteiger partial charge on any atom is 0.200 e. The number of pyridine rings is 1. The van der Waals surface area contributed by atoms with Gasteiger partial charge in [0, 0.05) is 41.0 Å². The van der Waals surface area contributed by atoms with Crippen LogP contribution in [0.5, 0.6) is 17.2 Å². The SMILES string of the molecule is Oc1ccc(CNc2cccc3cnccc23)c(O)c1O. The first kappa shape index (κ1) is 13.1. The van der Waals surface area contributed by atoms with Crippen molar-refractivity contribution in [3.05, 3.63) is 54.4 Å². The molecule has 5 heteroatoms. The maximum absolute atomic E-state index is 9.81. The molecule has 21 heavy (non-hydrogen) atoms. The predicted octanol–water partition coefficient (Wildman–Crippen LogP) is 2.96. The van der Waals surface area contributed by atoms with Crippen LogP contribution >= 0.6 is 0 Å². The zero-order chi connectivity index (χ0) is 14.8. The number of fused-ring (bicyclic) bond motifs is 1. The van der Waals surface area contributed by atoms with Crippen molar-refractivity contribution in [1.29, 1.82) is 0 Å². The molecule has 3 rings (SSSR count). The Morgan fingerprint density at radius 2 is 1.81 bits per heavy atom. The van der Waals surface area contributed by atoms with E-state index in [4.69, 9.17) is 0 Å². The number of phenols is 3. The summed E-state index contributed by atoms with van der Waals surface area (Å²) in [5.74, 6) is -1.16. The highest BCUT2D eigenvalue weighted by Gasteiger charge is 2.11. The van der Waals surface area contributed by atoms with Crippen molar-refractivity contribution < 1.29 is 15.3 Å². The average molecular weight is 282 g/mol. The van der Waals surface area contributed by atoms with Gasteiger partial charge in [-0.2, -0.15) is 0 Å². The standard InChI is InChI=1S/C16H14N2O3/c19-14-5-4-11(15(20)16(14)21)9-18-13-3-1-2-10-8-17-7-6-12(10)13/h1-8,18-21H,9H2. The van der Waals surface area contributed by atoms with Gasteiger partial charge in [-0.05, 0) is 24.3 Å². The number of hydrogen-bond acceptors (Lipinski definition) is 5. The third-order valence-electron chi connectivity index (χ3n) is 3.36. The van der Waals surface area contributed by atoms with Gasteiger partial charge in [0.2, 0.25) is 5.75 Å². The van der Waals surface area contributed by atoms with Gasteiger partial charge in [0.1, 0.15) is 0 Å². The van der Waals surface area contributed by atoms with Crippen molar-refractivity contribution in [2.75, 3.05) is 5.32 Å². The van der Waals surface area contributed by atoms with Crippen LogP contribution in [0.25, 0.3) is 10.8 Å². The molecule has 0 fully saturated rings. The molecule has 106 valence electrons.